The van der Waals surface area contributed by atoms with Gasteiger partial charge in [0.2, 0.25) is 0 Å². The van der Waals surface area contributed by atoms with Crippen LogP contribution >= 0.6 is 15.9 Å². The highest BCUT2D eigenvalue weighted by molar-refractivity contribution is 9.10. The molecule has 0 amide bonds. The van der Waals surface area contributed by atoms with Crippen LogP contribution in [-0.4, -0.2) is 10.2 Å². The zero-order chi connectivity index (χ0) is 10.1. The van der Waals surface area contributed by atoms with Crippen LogP contribution in [0.3, 0.4) is 0 Å². The van der Waals surface area contributed by atoms with Crippen molar-refractivity contribution < 1.29 is 4.39 Å². The van der Waals surface area contributed by atoms with Gasteiger partial charge < -0.3 is 0 Å². The van der Waals surface area contributed by atoms with Gasteiger partial charge in [0.15, 0.2) is 0 Å². The highest BCUT2D eigenvalue weighted by Crippen LogP contribution is 2.24. The van der Waals surface area contributed by atoms with Crippen molar-refractivity contribution in [1.29, 1.82) is 0 Å². The first-order chi connectivity index (χ1) is 6.66. The molecular weight excluding hydrogens is 247 g/mol. The molecule has 0 aliphatic rings. The van der Waals surface area contributed by atoms with Gasteiger partial charge in [-0.15, -0.1) is 0 Å². The maximum atomic E-state index is 13.1. The van der Waals surface area contributed by atoms with Gasteiger partial charge in [-0.3, -0.25) is 5.10 Å². The first kappa shape index (κ1) is 9.40. The van der Waals surface area contributed by atoms with E-state index in [4.69, 9.17) is 0 Å². The summed E-state index contributed by atoms with van der Waals surface area (Å²) >= 11 is 3.25. The highest BCUT2D eigenvalue weighted by atomic mass is 79.9. The van der Waals surface area contributed by atoms with Crippen LogP contribution in [0.1, 0.15) is 5.56 Å². The lowest BCUT2D eigenvalue weighted by Crippen LogP contribution is -1.83. The summed E-state index contributed by atoms with van der Waals surface area (Å²) in [6, 6.07) is 4.75. The molecule has 1 heterocycles. The summed E-state index contributed by atoms with van der Waals surface area (Å²) in [5, 5.41) is 6.73. The van der Waals surface area contributed by atoms with Crippen molar-refractivity contribution in [2.75, 3.05) is 0 Å². The van der Waals surface area contributed by atoms with Crippen LogP contribution in [-0.2, 0) is 0 Å². The van der Waals surface area contributed by atoms with Crippen molar-refractivity contribution in [3.63, 3.8) is 0 Å². The third-order valence-electron chi connectivity index (χ3n) is 1.98. The van der Waals surface area contributed by atoms with E-state index in [1.54, 1.807) is 6.20 Å². The monoisotopic (exact) mass is 254 g/mol. The number of hydrogen-bond donors (Lipinski definition) is 1. The predicted octanol–water partition coefficient (Wildman–Crippen LogP) is 3.29. The molecule has 0 bridgehead atoms. The average Bonchev–Trinajstić information content (AvgIpc) is 2.49. The minimum absolute atomic E-state index is 0.261. The summed E-state index contributed by atoms with van der Waals surface area (Å²) in [5.74, 6) is -0.261. The number of H-pyrrole nitrogens is 1. The summed E-state index contributed by atoms with van der Waals surface area (Å²) in [5.41, 5.74) is 2.65. The van der Waals surface area contributed by atoms with Crippen LogP contribution in [0.4, 0.5) is 4.39 Å². The Morgan fingerprint density at radius 1 is 1.36 bits per heavy atom. The first-order valence-electron chi connectivity index (χ1n) is 4.13. The number of benzene rings is 1. The van der Waals surface area contributed by atoms with Crippen LogP contribution in [0.2, 0.25) is 0 Å². The standard InChI is InChI=1S/C10H8BrFN2/c1-6-5-13-14-10(6)7-2-8(11)4-9(12)3-7/h2-5H,1H3,(H,13,14). The van der Waals surface area contributed by atoms with Crippen molar-refractivity contribution in [3.8, 4) is 11.3 Å². The Balaban J connectivity index is 2.57. The van der Waals surface area contributed by atoms with Crippen LogP contribution in [0.15, 0.2) is 28.9 Å². The largest absolute Gasteiger partial charge is 0.278 e. The zero-order valence-corrected chi connectivity index (χ0v) is 9.10. The zero-order valence-electron chi connectivity index (χ0n) is 7.51. The molecule has 2 rings (SSSR count). The van der Waals surface area contributed by atoms with Gasteiger partial charge in [0.1, 0.15) is 5.82 Å². The smallest absolute Gasteiger partial charge is 0.125 e. The van der Waals surface area contributed by atoms with Crippen molar-refractivity contribution in [2.24, 2.45) is 0 Å². The molecule has 72 valence electrons. The second-order valence-corrected chi connectivity index (χ2v) is 4.00. The van der Waals surface area contributed by atoms with E-state index in [0.29, 0.717) is 0 Å². The minimum Gasteiger partial charge on any atom is -0.278 e. The van der Waals surface area contributed by atoms with E-state index >= 15 is 0 Å². The Hall–Kier alpha value is -1.16. The summed E-state index contributed by atoms with van der Waals surface area (Å²) in [6.07, 6.45) is 1.72. The van der Waals surface area contributed by atoms with Crippen LogP contribution in [0, 0.1) is 12.7 Å². The molecule has 0 saturated heterocycles. The second kappa shape index (κ2) is 3.53. The average molecular weight is 255 g/mol. The lowest BCUT2D eigenvalue weighted by atomic mass is 10.1. The number of aromatic nitrogens is 2. The molecule has 1 aromatic heterocycles. The van der Waals surface area contributed by atoms with E-state index in [9.17, 15) is 4.39 Å². The number of rotatable bonds is 1. The first-order valence-corrected chi connectivity index (χ1v) is 4.92. The summed E-state index contributed by atoms with van der Waals surface area (Å²) in [7, 11) is 0. The minimum atomic E-state index is -0.261. The van der Waals surface area contributed by atoms with Gasteiger partial charge in [-0.25, -0.2) is 4.39 Å². The molecule has 0 atom stereocenters. The lowest BCUT2D eigenvalue weighted by molar-refractivity contribution is 0.627. The topological polar surface area (TPSA) is 28.7 Å². The van der Waals surface area contributed by atoms with Crippen LogP contribution < -0.4 is 0 Å². The Morgan fingerprint density at radius 3 is 2.71 bits per heavy atom. The van der Waals surface area contributed by atoms with Crippen molar-refractivity contribution in [2.45, 2.75) is 6.92 Å². The van der Waals surface area contributed by atoms with E-state index in [-0.39, 0.29) is 5.82 Å². The van der Waals surface area contributed by atoms with E-state index in [2.05, 4.69) is 26.1 Å². The summed E-state index contributed by atoms with van der Waals surface area (Å²) in [4.78, 5) is 0. The van der Waals surface area contributed by atoms with E-state index in [1.165, 1.54) is 12.1 Å². The Labute approximate surface area is 89.3 Å². The fourth-order valence-corrected chi connectivity index (χ4v) is 1.80. The molecular formula is C10H8BrFN2. The van der Waals surface area contributed by atoms with E-state index in [0.717, 1.165) is 21.3 Å². The molecule has 0 radical (unpaired) electrons. The maximum Gasteiger partial charge on any atom is 0.125 e. The number of hydrogen-bond acceptors (Lipinski definition) is 1. The molecule has 0 aliphatic heterocycles. The number of aromatic amines is 1. The molecule has 0 aliphatic carbocycles. The molecule has 14 heavy (non-hydrogen) atoms. The summed E-state index contributed by atoms with van der Waals surface area (Å²) in [6.45, 7) is 1.93. The number of halogens is 2. The third kappa shape index (κ3) is 1.70. The number of nitrogens with one attached hydrogen (secondary N) is 1. The van der Waals surface area contributed by atoms with Gasteiger partial charge in [-0.2, -0.15) is 5.10 Å². The third-order valence-corrected chi connectivity index (χ3v) is 2.44. The normalized spacial score (nSPS) is 10.5. The van der Waals surface area contributed by atoms with Gasteiger partial charge in [-0.1, -0.05) is 15.9 Å². The van der Waals surface area contributed by atoms with E-state index in [1.807, 2.05) is 13.0 Å². The predicted molar refractivity (Wildman–Crippen MR) is 56.4 cm³/mol. The Kier molecular flexibility index (Phi) is 2.37. The maximum absolute atomic E-state index is 13.1. The molecule has 0 saturated carbocycles. The van der Waals surface area contributed by atoms with Crippen molar-refractivity contribution in [1.82, 2.24) is 10.2 Å². The van der Waals surface area contributed by atoms with Crippen LogP contribution in [0.5, 0.6) is 0 Å². The van der Waals surface area contributed by atoms with E-state index < -0.39 is 0 Å². The number of nitrogens with zero attached hydrogens (tertiary/aromatic N) is 1. The van der Waals surface area contributed by atoms with Crippen molar-refractivity contribution >= 4 is 15.9 Å². The molecule has 4 heteroatoms. The van der Waals surface area contributed by atoms with Gasteiger partial charge in [0, 0.05) is 10.0 Å². The number of aryl methyl sites for hydroxylation is 1. The Bertz CT molecular complexity index is 445. The molecule has 0 unspecified atom stereocenters. The van der Waals surface area contributed by atoms with Gasteiger partial charge >= 0.3 is 0 Å². The van der Waals surface area contributed by atoms with Gasteiger partial charge in [0.05, 0.1) is 11.9 Å². The fraction of sp³-hybridized carbons (Fsp3) is 0.100. The molecule has 2 nitrogen and oxygen atoms in total. The summed E-state index contributed by atoms with van der Waals surface area (Å²) < 4.78 is 13.8. The molecule has 1 N–H and O–H groups in total. The molecule has 1 aromatic carbocycles. The highest BCUT2D eigenvalue weighted by Gasteiger charge is 2.05. The molecule has 2 aromatic rings. The Morgan fingerprint density at radius 2 is 2.14 bits per heavy atom. The van der Waals surface area contributed by atoms with Crippen molar-refractivity contribution in [3.05, 3.63) is 40.2 Å². The second-order valence-electron chi connectivity index (χ2n) is 3.09. The fourth-order valence-electron chi connectivity index (χ4n) is 1.34. The van der Waals surface area contributed by atoms with Crippen LogP contribution in [0.25, 0.3) is 11.3 Å². The SMILES string of the molecule is Cc1cn[nH]c1-c1cc(F)cc(Br)c1. The molecule has 0 fully saturated rings. The molecule has 0 spiro atoms. The quantitative estimate of drug-likeness (QED) is 0.832. The lowest BCUT2D eigenvalue weighted by Gasteiger charge is -2.00. The van der Waals surface area contributed by atoms with Gasteiger partial charge in [0.25, 0.3) is 0 Å². The van der Waals surface area contributed by atoms with Gasteiger partial charge in [-0.05, 0) is 30.7 Å².